The minimum atomic E-state index is 0.762. The van der Waals surface area contributed by atoms with Gasteiger partial charge in [0.1, 0.15) is 0 Å². The summed E-state index contributed by atoms with van der Waals surface area (Å²) in [6, 6.07) is 0. The van der Waals surface area contributed by atoms with Crippen LogP contribution >= 0.6 is 23.5 Å². The Kier molecular flexibility index (Phi) is 3.10. The van der Waals surface area contributed by atoms with Gasteiger partial charge in [0, 0.05) is 21.3 Å². The maximum absolute atomic E-state index is 2.46. The Labute approximate surface area is 89.2 Å². The van der Waals surface area contributed by atoms with Crippen molar-refractivity contribution in [3.63, 3.8) is 0 Å². The number of allylic oxidation sites excluding steroid dienone is 2. The molecule has 0 saturated heterocycles. The van der Waals surface area contributed by atoms with Gasteiger partial charge in [-0.1, -0.05) is 26.0 Å². The van der Waals surface area contributed by atoms with Crippen molar-refractivity contribution < 1.29 is 0 Å². The van der Waals surface area contributed by atoms with E-state index >= 15 is 0 Å². The third kappa shape index (κ3) is 2.16. The molecule has 0 nitrogen and oxygen atoms in total. The fourth-order valence-corrected chi connectivity index (χ4v) is 4.10. The second-order valence-electron chi connectivity index (χ2n) is 3.88. The van der Waals surface area contributed by atoms with Gasteiger partial charge in [0.15, 0.2) is 0 Å². The first-order valence-corrected chi connectivity index (χ1v) is 6.92. The van der Waals surface area contributed by atoms with Crippen LogP contribution in [0, 0.1) is 11.8 Å². The molecule has 0 bridgehead atoms. The Bertz CT molecular complexity index is 253. The van der Waals surface area contributed by atoms with Crippen molar-refractivity contribution in [3.8, 4) is 0 Å². The van der Waals surface area contributed by atoms with E-state index in [0.717, 1.165) is 11.8 Å². The van der Waals surface area contributed by atoms with Gasteiger partial charge < -0.3 is 0 Å². The van der Waals surface area contributed by atoms with E-state index in [1.165, 1.54) is 17.9 Å². The minimum absolute atomic E-state index is 0.762. The summed E-state index contributed by atoms with van der Waals surface area (Å²) in [5, 5.41) is 0. The Morgan fingerprint density at radius 3 is 2.69 bits per heavy atom. The van der Waals surface area contributed by atoms with Crippen LogP contribution in [0.5, 0.6) is 0 Å². The first-order chi connectivity index (χ1) is 6.27. The zero-order valence-electron chi connectivity index (χ0n) is 8.25. The van der Waals surface area contributed by atoms with Gasteiger partial charge in [-0.25, -0.2) is 0 Å². The molecular weight excluding hydrogens is 196 g/mol. The van der Waals surface area contributed by atoms with Crippen LogP contribution in [-0.4, -0.2) is 11.5 Å². The third-order valence-corrected chi connectivity index (χ3v) is 5.39. The van der Waals surface area contributed by atoms with E-state index in [1.807, 2.05) is 23.5 Å². The van der Waals surface area contributed by atoms with Gasteiger partial charge in [0.05, 0.1) is 0 Å². The van der Waals surface area contributed by atoms with Crippen molar-refractivity contribution in [2.45, 2.75) is 20.3 Å². The van der Waals surface area contributed by atoms with Crippen molar-refractivity contribution in [1.82, 2.24) is 0 Å². The van der Waals surface area contributed by atoms with Crippen molar-refractivity contribution in [2.24, 2.45) is 11.8 Å². The lowest BCUT2D eigenvalue weighted by atomic mass is 9.97. The van der Waals surface area contributed by atoms with Gasteiger partial charge in [-0.2, -0.15) is 0 Å². The second-order valence-corrected chi connectivity index (χ2v) is 6.08. The zero-order chi connectivity index (χ0) is 9.26. The van der Waals surface area contributed by atoms with Crippen LogP contribution in [-0.2, 0) is 0 Å². The van der Waals surface area contributed by atoms with Crippen LogP contribution in [0.4, 0.5) is 0 Å². The van der Waals surface area contributed by atoms with Crippen LogP contribution in [0.25, 0.3) is 0 Å². The molecule has 0 aromatic rings. The molecule has 0 fully saturated rings. The predicted molar refractivity (Wildman–Crippen MR) is 64.0 cm³/mol. The summed E-state index contributed by atoms with van der Waals surface area (Å²) in [7, 11) is 0. The largest absolute Gasteiger partial charge is 0.125 e. The van der Waals surface area contributed by atoms with Crippen LogP contribution in [0.15, 0.2) is 22.0 Å². The molecule has 13 heavy (non-hydrogen) atoms. The van der Waals surface area contributed by atoms with Gasteiger partial charge in [-0.15, -0.1) is 23.5 Å². The fourth-order valence-electron chi connectivity index (χ4n) is 1.57. The third-order valence-electron chi connectivity index (χ3n) is 2.76. The van der Waals surface area contributed by atoms with Crippen molar-refractivity contribution >= 4 is 23.5 Å². The molecule has 0 aliphatic carbocycles. The highest BCUT2D eigenvalue weighted by Gasteiger charge is 2.20. The van der Waals surface area contributed by atoms with Crippen molar-refractivity contribution in [3.05, 3.63) is 22.0 Å². The lowest BCUT2D eigenvalue weighted by Crippen LogP contribution is -2.13. The lowest BCUT2D eigenvalue weighted by molar-refractivity contribution is 0.508. The van der Waals surface area contributed by atoms with E-state index < -0.39 is 0 Å². The number of hydrogen-bond donors (Lipinski definition) is 0. The van der Waals surface area contributed by atoms with Crippen LogP contribution in [0.1, 0.15) is 20.3 Å². The Hall–Kier alpha value is 0.180. The highest BCUT2D eigenvalue weighted by atomic mass is 32.2. The maximum Gasteiger partial charge on any atom is 0.0168 e. The molecular formula is C11H16S2. The normalized spacial score (nSPS) is 34.3. The molecule has 0 saturated carbocycles. The molecule has 2 heterocycles. The fraction of sp³-hybridized carbons (Fsp3) is 0.636. The number of thioether (sulfide) groups is 2. The highest BCUT2D eigenvalue weighted by molar-refractivity contribution is 8.08. The van der Waals surface area contributed by atoms with E-state index in [4.69, 9.17) is 0 Å². The van der Waals surface area contributed by atoms with Crippen molar-refractivity contribution in [2.75, 3.05) is 11.5 Å². The monoisotopic (exact) mass is 212 g/mol. The van der Waals surface area contributed by atoms with E-state index in [2.05, 4.69) is 26.0 Å². The molecule has 0 aromatic heterocycles. The molecule has 0 radical (unpaired) electrons. The summed E-state index contributed by atoms with van der Waals surface area (Å²) in [6.07, 6.45) is 6.12. The molecule has 0 N–H and O–H groups in total. The summed E-state index contributed by atoms with van der Waals surface area (Å²) < 4.78 is 0. The van der Waals surface area contributed by atoms with E-state index in [0.29, 0.717) is 0 Å². The molecule has 2 atom stereocenters. The second kappa shape index (κ2) is 4.14. The lowest BCUT2D eigenvalue weighted by Gasteiger charge is -2.24. The van der Waals surface area contributed by atoms with Gasteiger partial charge in [0.25, 0.3) is 0 Å². The van der Waals surface area contributed by atoms with Gasteiger partial charge in [-0.3, -0.25) is 0 Å². The Balaban J connectivity index is 2.11. The SMILES string of the molecule is CC1C=C(C2=CCCS2)SCC1C. The van der Waals surface area contributed by atoms with E-state index in [1.54, 1.807) is 9.81 Å². The number of hydrogen-bond acceptors (Lipinski definition) is 2. The molecule has 2 unspecified atom stereocenters. The van der Waals surface area contributed by atoms with Crippen LogP contribution < -0.4 is 0 Å². The van der Waals surface area contributed by atoms with Crippen LogP contribution in [0.3, 0.4) is 0 Å². The molecule has 2 heteroatoms. The summed E-state index contributed by atoms with van der Waals surface area (Å²) in [5.41, 5.74) is 0. The molecule has 0 amide bonds. The topological polar surface area (TPSA) is 0 Å². The van der Waals surface area contributed by atoms with Gasteiger partial charge in [0.2, 0.25) is 0 Å². The Morgan fingerprint density at radius 2 is 2.08 bits per heavy atom. The van der Waals surface area contributed by atoms with E-state index in [9.17, 15) is 0 Å². The molecule has 0 aromatic carbocycles. The van der Waals surface area contributed by atoms with Gasteiger partial charge in [-0.05, 0) is 18.3 Å². The molecule has 72 valence electrons. The molecule has 2 rings (SSSR count). The Morgan fingerprint density at radius 1 is 1.23 bits per heavy atom. The summed E-state index contributed by atoms with van der Waals surface area (Å²) in [6.45, 7) is 4.69. The zero-order valence-corrected chi connectivity index (χ0v) is 9.88. The smallest absolute Gasteiger partial charge is 0.0168 e. The standard InChI is InChI=1S/C11H16S2/c1-8-6-11(13-7-9(8)2)10-4-3-5-12-10/h4,6,8-9H,3,5,7H2,1-2H3. The first kappa shape index (κ1) is 9.72. The maximum atomic E-state index is 2.46. The quantitative estimate of drug-likeness (QED) is 0.646. The average molecular weight is 212 g/mol. The first-order valence-electron chi connectivity index (χ1n) is 4.95. The highest BCUT2D eigenvalue weighted by Crippen LogP contribution is 2.42. The molecule has 2 aliphatic rings. The average Bonchev–Trinajstić information content (AvgIpc) is 2.62. The molecule has 0 spiro atoms. The summed E-state index contributed by atoms with van der Waals surface area (Å²) in [4.78, 5) is 3.09. The van der Waals surface area contributed by atoms with Gasteiger partial charge >= 0.3 is 0 Å². The molecule has 2 aliphatic heterocycles. The van der Waals surface area contributed by atoms with Crippen LogP contribution in [0.2, 0.25) is 0 Å². The predicted octanol–water partition coefficient (Wildman–Crippen LogP) is 3.91. The summed E-state index contributed by atoms with van der Waals surface area (Å²) >= 11 is 4.07. The summed E-state index contributed by atoms with van der Waals surface area (Å²) in [5.74, 6) is 4.20. The minimum Gasteiger partial charge on any atom is -0.125 e. The number of rotatable bonds is 1. The van der Waals surface area contributed by atoms with Crippen molar-refractivity contribution in [1.29, 1.82) is 0 Å². The van der Waals surface area contributed by atoms with E-state index in [-0.39, 0.29) is 0 Å².